The van der Waals surface area contributed by atoms with Crippen LogP contribution in [0.3, 0.4) is 0 Å². The van der Waals surface area contributed by atoms with Gasteiger partial charge in [-0.3, -0.25) is 0 Å². The van der Waals surface area contributed by atoms with E-state index in [9.17, 15) is 4.79 Å². The molecule has 0 spiro atoms. The second-order valence-electron chi connectivity index (χ2n) is 7.79. The molecule has 0 aromatic rings. The summed E-state index contributed by atoms with van der Waals surface area (Å²) in [5.41, 5.74) is 1.27. The number of carbonyl (C=O) groups is 1. The summed E-state index contributed by atoms with van der Waals surface area (Å²) in [6.07, 6.45) is 13.9. The third-order valence-electron chi connectivity index (χ3n) is 6.64. The average Bonchev–Trinajstić information content (AvgIpc) is 2.37. The van der Waals surface area contributed by atoms with Crippen molar-refractivity contribution in [2.24, 2.45) is 29.1 Å². The highest BCUT2D eigenvalue weighted by Crippen LogP contribution is 2.64. The zero-order valence-corrected chi connectivity index (χ0v) is 11.6. The molecule has 0 aliphatic heterocycles. The molecule has 4 fully saturated rings. The first-order valence-electron chi connectivity index (χ1n) is 8.07. The van der Waals surface area contributed by atoms with Crippen LogP contribution >= 0.6 is 0 Å². The molecule has 19 heavy (non-hydrogen) atoms. The van der Waals surface area contributed by atoms with Gasteiger partial charge in [-0.2, -0.15) is 0 Å². The number of hydrogen-bond acceptors (Lipinski definition) is 1. The van der Waals surface area contributed by atoms with E-state index >= 15 is 0 Å². The number of aliphatic carboxylic acids is 1. The molecule has 0 heterocycles. The van der Waals surface area contributed by atoms with Crippen LogP contribution in [0.4, 0.5) is 0 Å². The van der Waals surface area contributed by atoms with Crippen LogP contribution in [-0.4, -0.2) is 11.1 Å². The molecule has 0 saturated heterocycles. The van der Waals surface area contributed by atoms with Crippen LogP contribution in [0.25, 0.3) is 0 Å². The van der Waals surface area contributed by atoms with Crippen LogP contribution in [0.2, 0.25) is 0 Å². The molecule has 1 atom stereocenters. The first-order chi connectivity index (χ1) is 9.14. The Morgan fingerprint density at radius 3 is 2.11 bits per heavy atom. The molecular weight excluding hydrogens is 236 g/mol. The maximum atomic E-state index is 11.0. The minimum Gasteiger partial charge on any atom is -0.478 e. The Bertz CT molecular complexity index is 399. The van der Waals surface area contributed by atoms with Gasteiger partial charge < -0.3 is 5.11 Å². The summed E-state index contributed by atoms with van der Waals surface area (Å²) in [6.45, 7) is 0. The van der Waals surface area contributed by atoms with Gasteiger partial charge in [-0.1, -0.05) is 6.08 Å². The molecule has 1 unspecified atom stereocenters. The highest BCUT2D eigenvalue weighted by molar-refractivity contribution is 5.86. The predicted octanol–water partition coefficient (Wildman–Crippen LogP) is 4.01. The van der Waals surface area contributed by atoms with Crippen molar-refractivity contribution in [3.63, 3.8) is 0 Å². The molecule has 5 rings (SSSR count). The first kappa shape index (κ1) is 12.0. The summed E-state index contributed by atoms with van der Waals surface area (Å²) in [5.74, 6) is 3.12. The van der Waals surface area contributed by atoms with Gasteiger partial charge in [0, 0.05) is 5.57 Å². The summed E-state index contributed by atoms with van der Waals surface area (Å²) < 4.78 is 0. The molecular formula is C17H24O2. The highest BCUT2D eigenvalue weighted by atomic mass is 16.4. The van der Waals surface area contributed by atoms with Crippen molar-refractivity contribution in [2.45, 2.75) is 57.8 Å². The standard InChI is InChI=1S/C17H24O2/c18-16(19)14-1-3-15(4-2-14)17-8-11-5-12(9-17)7-13(6-11)10-17/h1,11-13,15H,2-10H2,(H,18,19). The molecule has 4 saturated carbocycles. The maximum absolute atomic E-state index is 11.0. The van der Waals surface area contributed by atoms with E-state index in [0.717, 1.165) is 42.9 Å². The second kappa shape index (κ2) is 4.10. The second-order valence-corrected chi connectivity index (χ2v) is 7.79. The van der Waals surface area contributed by atoms with Crippen molar-refractivity contribution < 1.29 is 9.90 Å². The first-order valence-corrected chi connectivity index (χ1v) is 8.07. The van der Waals surface area contributed by atoms with Crippen LogP contribution in [0.5, 0.6) is 0 Å². The Balaban J connectivity index is 1.55. The van der Waals surface area contributed by atoms with Crippen molar-refractivity contribution in [1.82, 2.24) is 0 Å². The quantitative estimate of drug-likeness (QED) is 0.814. The summed E-state index contributed by atoms with van der Waals surface area (Å²) in [5, 5.41) is 9.09. The lowest BCUT2D eigenvalue weighted by atomic mass is 9.45. The summed E-state index contributed by atoms with van der Waals surface area (Å²) >= 11 is 0. The van der Waals surface area contributed by atoms with E-state index < -0.39 is 5.97 Å². The molecule has 2 nitrogen and oxygen atoms in total. The Labute approximate surface area is 115 Å². The SMILES string of the molecule is O=C(O)C1=CCC(C23CC4CC(CC(C4)C2)C3)CC1. The fourth-order valence-corrected chi connectivity index (χ4v) is 6.26. The summed E-state index contributed by atoms with van der Waals surface area (Å²) in [4.78, 5) is 11.0. The van der Waals surface area contributed by atoms with E-state index in [1.165, 1.54) is 38.5 Å². The number of hydrogen-bond donors (Lipinski definition) is 1. The van der Waals surface area contributed by atoms with Gasteiger partial charge >= 0.3 is 5.97 Å². The molecule has 0 aromatic heterocycles. The fourth-order valence-electron chi connectivity index (χ4n) is 6.26. The number of rotatable bonds is 2. The van der Waals surface area contributed by atoms with E-state index in [1.54, 1.807) is 0 Å². The van der Waals surface area contributed by atoms with Gasteiger partial charge in [0.25, 0.3) is 0 Å². The van der Waals surface area contributed by atoms with Gasteiger partial charge in [-0.05, 0) is 86.9 Å². The normalized spacial score (nSPS) is 48.1. The van der Waals surface area contributed by atoms with Gasteiger partial charge in [0.2, 0.25) is 0 Å². The van der Waals surface area contributed by atoms with Crippen LogP contribution in [0.1, 0.15) is 57.8 Å². The van der Waals surface area contributed by atoms with Gasteiger partial charge in [-0.15, -0.1) is 0 Å². The molecule has 4 bridgehead atoms. The Kier molecular flexibility index (Phi) is 2.59. The highest BCUT2D eigenvalue weighted by Gasteiger charge is 2.53. The zero-order chi connectivity index (χ0) is 13.0. The topological polar surface area (TPSA) is 37.3 Å². The monoisotopic (exact) mass is 260 g/mol. The minimum atomic E-state index is -0.691. The van der Waals surface area contributed by atoms with E-state index in [1.807, 2.05) is 6.08 Å². The van der Waals surface area contributed by atoms with Gasteiger partial charge in [0.05, 0.1) is 0 Å². The average molecular weight is 260 g/mol. The smallest absolute Gasteiger partial charge is 0.331 e. The summed E-state index contributed by atoms with van der Waals surface area (Å²) in [7, 11) is 0. The molecule has 1 N–H and O–H groups in total. The lowest BCUT2D eigenvalue weighted by molar-refractivity contribution is -0.133. The molecule has 2 heteroatoms. The molecule has 5 aliphatic rings. The van der Waals surface area contributed by atoms with Gasteiger partial charge in [0.15, 0.2) is 0 Å². The van der Waals surface area contributed by atoms with Crippen LogP contribution in [0, 0.1) is 29.1 Å². The lowest BCUT2D eigenvalue weighted by Crippen LogP contribution is -2.49. The molecule has 0 amide bonds. The third-order valence-corrected chi connectivity index (χ3v) is 6.64. The van der Waals surface area contributed by atoms with Crippen molar-refractivity contribution in [2.75, 3.05) is 0 Å². The van der Waals surface area contributed by atoms with E-state index in [-0.39, 0.29) is 0 Å². The zero-order valence-electron chi connectivity index (χ0n) is 11.6. The van der Waals surface area contributed by atoms with Crippen molar-refractivity contribution in [1.29, 1.82) is 0 Å². The van der Waals surface area contributed by atoms with Crippen LogP contribution in [0.15, 0.2) is 11.6 Å². The van der Waals surface area contributed by atoms with E-state index in [2.05, 4.69) is 0 Å². The lowest BCUT2D eigenvalue weighted by Gasteiger charge is -2.60. The molecule has 5 aliphatic carbocycles. The largest absolute Gasteiger partial charge is 0.478 e. The number of allylic oxidation sites excluding steroid dienone is 1. The number of carboxylic acids is 1. The fraction of sp³-hybridized carbons (Fsp3) is 0.824. The van der Waals surface area contributed by atoms with Gasteiger partial charge in [-0.25, -0.2) is 4.79 Å². The number of carboxylic acid groups (broad SMARTS) is 1. The van der Waals surface area contributed by atoms with Crippen molar-refractivity contribution >= 4 is 5.97 Å². The van der Waals surface area contributed by atoms with Crippen molar-refractivity contribution in [3.05, 3.63) is 11.6 Å². The van der Waals surface area contributed by atoms with E-state index in [0.29, 0.717) is 11.0 Å². The van der Waals surface area contributed by atoms with Crippen molar-refractivity contribution in [3.8, 4) is 0 Å². The third kappa shape index (κ3) is 1.86. The maximum Gasteiger partial charge on any atom is 0.331 e. The predicted molar refractivity (Wildman–Crippen MR) is 73.7 cm³/mol. The molecule has 0 radical (unpaired) electrons. The van der Waals surface area contributed by atoms with Gasteiger partial charge in [0.1, 0.15) is 0 Å². The Morgan fingerprint density at radius 2 is 1.68 bits per heavy atom. The van der Waals surface area contributed by atoms with Crippen LogP contribution in [-0.2, 0) is 4.79 Å². The summed E-state index contributed by atoms with van der Waals surface area (Å²) in [6, 6.07) is 0. The molecule has 0 aromatic carbocycles. The Hall–Kier alpha value is -0.790. The van der Waals surface area contributed by atoms with Crippen LogP contribution < -0.4 is 0 Å². The Morgan fingerprint density at radius 1 is 1.11 bits per heavy atom. The minimum absolute atomic E-state index is 0.606. The van der Waals surface area contributed by atoms with E-state index in [4.69, 9.17) is 5.11 Å². The molecule has 104 valence electrons.